The highest BCUT2D eigenvalue weighted by molar-refractivity contribution is 9.10. The Morgan fingerprint density at radius 2 is 1.69 bits per heavy atom. The van der Waals surface area contributed by atoms with Crippen molar-refractivity contribution in [2.24, 2.45) is 0 Å². The van der Waals surface area contributed by atoms with Crippen LogP contribution in [-0.2, 0) is 28.3 Å². The summed E-state index contributed by atoms with van der Waals surface area (Å²) in [5.74, 6) is 0.642. The van der Waals surface area contributed by atoms with Crippen LogP contribution in [0.1, 0.15) is 48.8 Å². The fraction of sp³-hybridized carbons (Fsp3) is 0.355. The number of nitrogens with one attached hydrogen (secondary N) is 1. The fourth-order valence-corrected chi connectivity index (χ4v) is 6.82. The maximum atomic E-state index is 13.8. The van der Waals surface area contributed by atoms with Crippen LogP contribution in [0.4, 0.5) is 0 Å². The molecular formula is C31H33BrCl2N2O2S. The molecule has 8 heteroatoms. The van der Waals surface area contributed by atoms with E-state index in [1.165, 1.54) is 18.2 Å². The lowest BCUT2D eigenvalue weighted by molar-refractivity contribution is -0.139. The first-order valence-electron chi connectivity index (χ1n) is 13.3. The van der Waals surface area contributed by atoms with Crippen LogP contribution in [0.5, 0.6) is 0 Å². The molecule has 1 N–H and O–H groups in total. The number of rotatable bonds is 11. The van der Waals surface area contributed by atoms with Gasteiger partial charge in [-0.25, -0.2) is 0 Å². The quantitative estimate of drug-likeness (QED) is 0.229. The van der Waals surface area contributed by atoms with E-state index >= 15 is 0 Å². The van der Waals surface area contributed by atoms with Gasteiger partial charge in [0.15, 0.2) is 0 Å². The van der Waals surface area contributed by atoms with Crippen LogP contribution < -0.4 is 5.32 Å². The first-order valence-corrected chi connectivity index (χ1v) is 16.0. The zero-order valence-electron chi connectivity index (χ0n) is 21.8. The zero-order chi connectivity index (χ0) is 27.6. The standard InChI is InChI=1S/C31H33BrCl2N2O2S/c32-25-11-7-10-23(16-25)19-36(30(37)21-39-20-24-14-15-26(33)18-28(24)34)29(17-22-8-3-1-4-9-22)31(38)35-27-12-5-2-6-13-27/h1,3-4,7-11,14-16,18,27,29H,2,5-6,12-13,17,19-21H2,(H,35,38). The molecule has 1 atom stereocenters. The number of benzene rings is 3. The van der Waals surface area contributed by atoms with Crippen molar-refractivity contribution < 1.29 is 9.59 Å². The van der Waals surface area contributed by atoms with Gasteiger partial charge in [0.05, 0.1) is 5.75 Å². The molecule has 0 aliphatic heterocycles. The third-order valence-electron chi connectivity index (χ3n) is 6.96. The monoisotopic (exact) mass is 646 g/mol. The molecule has 3 aromatic rings. The molecule has 0 saturated heterocycles. The molecule has 1 saturated carbocycles. The SMILES string of the molecule is O=C(NC1CCCCC1)C(Cc1ccccc1)N(Cc1cccc(Br)c1)C(=O)CSCc1ccc(Cl)cc1Cl. The van der Waals surface area contributed by atoms with Gasteiger partial charge in [-0.2, -0.15) is 0 Å². The highest BCUT2D eigenvalue weighted by atomic mass is 79.9. The molecule has 206 valence electrons. The van der Waals surface area contributed by atoms with Crippen LogP contribution >= 0.6 is 50.9 Å². The number of carbonyl (C=O) groups excluding carboxylic acids is 2. The van der Waals surface area contributed by atoms with E-state index in [2.05, 4.69) is 21.2 Å². The summed E-state index contributed by atoms with van der Waals surface area (Å²) in [6.45, 7) is 0.343. The van der Waals surface area contributed by atoms with Crippen LogP contribution in [-0.4, -0.2) is 34.6 Å². The maximum Gasteiger partial charge on any atom is 0.243 e. The third-order valence-corrected chi connectivity index (χ3v) is 9.01. The van der Waals surface area contributed by atoms with Gasteiger partial charge in [-0.1, -0.05) is 107 Å². The summed E-state index contributed by atoms with van der Waals surface area (Å²) in [5.41, 5.74) is 2.91. The second-order valence-corrected chi connectivity index (χ2v) is 12.7. The summed E-state index contributed by atoms with van der Waals surface area (Å²) in [6, 6.07) is 22.8. The molecule has 39 heavy (non-hydrogen) atoms. The number of hydrogen-bond donors (Lipinski definition) is 1. The molecule has 0 radical (unpaired) electrons. The van der Waals surface area contributed by atoms with Crippen molar-refractivity contribution >= 4 is 62.7 Å². The van der Waals surface area contributed by atoms with Gasteiger partial charge in [0.1, 0.15) is 6.04 Å². The van der Waals surface area contributed by atoms with Gasteiger partial charge in [0, 0.05) is 39.3 Å². The molecule has 0 aromatic heterocycles. The normalized spacial score (nSPS) is 14.5. The van der Waals surface area contributed by atoms with Crippen LogP contribution in [0, 0.1) is 0 Å². The Kier molecular flexibility index (Phi) is 11.6. The molecule has 2 amide bonds. The largest absolute Gasteiger partial charge is 0.352 e. The van der Waals surface area contributed by atoms with Gasteiger partial charge in [0.25, 0.3) is 0 Å². The lowest BCUT2D eigenvalue weighted by Crippen LogP contribution is -2.53. The Morgan fingerprint density at radius 3 is 2.41 bits per heavy atom. The zero-order valence-corrected chi connectivity index (χ0v) is 25.7. The Labute approximate surface area is 254 Å². The molecule has 1 fully saturated rings. The van der Waals surface area contributed by atoms with Gasteiger partial charge in [-0.05, 0) is 53.8 Å². The lowest BCUT2D eigenvalue weighted by atomic mass is 9.94. The summed E-state index contributed by atoms with van der Waals surface area (Å²) in [4.78, 5) is 29.4. The summed E-state index contributed by atoms with van der Waals surface area (Å²) in [7, 11) is 0. The molecule has 4 rings (SSSR count). The third kappa shape index (κ3) is 9.28. The molecule has 1 aliphatic rings. The summed E-state index contributed by atoms with van der Waals surface area (Å²) < 4.78 is 0.936. The van der Waals surface area contributed by atoms with Crippen molar-refractivity contribution in [1.29, 1.82) is 0 Å². The minimum absolute atomic E-state index is 0.0789. The van der Waals surface area contributed by atoms with Crippen molar-refractivity contribution in [1.82, 2.24) is 10.2 Å². The highest BCUT2D eigenvalue weighted by Crippen LogP contribution is 2.26. The fourth-order valence-electron chi connectivity index (χ4n) is 4.90. The summed E-state index contributed by atoms with van der Waals surface area (Å²) in [6.07, 6.45) is 5.88. The van der Waals surface area contributed by atoms with Crippen LogP contribution in [0.2, 0.25) is 10.0 Å². The van der Waals surface area contributed by atoms with Crippen LogP contribution in [0.25, 0.3) is 0 Å². The van der Waals surface area contributed by atoms with Crippen molar-refractivity contribution in [2.45, 2.75) is 62.9 Å². The highest BCUT2D eigenvalue weighted by Gasteiger charge is 2.32. The summed E-state index contributed by atoms with van der Waals surface area (Å²) >= 11 is 17.4. The molecule has 4 nitrogen and oxygen atoms in total. The van der Waals surface area contributed by atoms with E-state index in [1.54, 1.807) is 17.0 Å². The van der Waals surface area contributed by atoms with Gasteiger partial charge in [-0.3, -0.25) is 9.59 Å². The number of hydrogen-bond acceptors (Lipinski definition) is 3. The topological polar surface area (TPSA) is 49.4 Å². The van der Waals surface area contributed by atoms with Crippen molar-refractivity contribution in [3.63, 3.8) is 0 Å². The Bertz CT molecular complexity index is 1250. The van der Waals surface area contributed by atoms with Gasteiger partial charge in [-0.15, -0.1) is 11.8 Å². The van der Waals surface area contributed by atoms with Crippen molar-refractivity contribution in [2.75, 3.05) is 5.75 Å². The Balaban J connectivity index is 1.57. The second-order valence-electron chi connectivity index (χ2n) is 9.93. The molecular weight excluding hydrogens is 615 g/mol. The van der Waals surface area contributed by atoms with E-state index in [0.29, 0.717) is 28.8 Å². The summed E-state index contributed by atoms with van der Waals surface area (Å²) in [5, 5.41) is 4.45. The minimum atomic E-state index is -0.625. The maximum absolute atomic E-state index is 13.8. The van der Waals surface area contributed by atoms with Gasteiger partial charge < -0.3 is 10.2 Å². The molecule has 1 aliphatic carbocycles. The predicted molar refractivity (Wildman–Crippen MR) is 166 cm³/mol. The first kappa shape index (κ1) is 30.0. The minimum Gasteiger partial charge on any atom is -0.352 e. The van der Waals surface area contributed by atoms with E-state index < -0.39 is 6.04 Å². The predicted octanol–water partition coefficient (Wildman–Crippen LogP) is 8.08. The number of carbonyl (C=O) groups is 2. The smallest absolute Gasteiger partial charge is 0.243 e. The lowest BCUT2D eigenvalue weighted by Gasteiger charge is -2.33. The molecule has 3 aromatic carbocycles. The van der Waals surface area contributed by atoms with E-state index in [4.69, 9.17) is 23.2 Å². The van der Waals surface area contributed by atoms with E-state index in [0.717, 1.165) is 46.8 Å². The van der Waals surface area contributed by atoms with Crippen LogP contribution in [0.15, 0.2) is 77.3 Å². The average molecular weight is 648 g/mol. The van der Waals surface area contributed by atoms with Gasteiger partial charge >= 0.3 is 0 Å². The first-order chi connectivity index (χ1) is 18.9. The van der Waals surface area contributed by atoms with Crippen LogP contribution in [0.3, 0.4) is 0 Å². The Hall–Kier alpha value is -1.99. The molecule has 0 spiro atoms. The van der Waals surface area contributed by atoms with E-state index in [-0.39, 0.29) is 23.6 Å². The number of amides is 2. The van der Waals surface area contributed by atoms with Crippen molar-refractivity contribution in [3.05, 3.63) is 104 Å². The average Bonchev–Trinajstić information content (AvgIpc) is 2.93. The Morgan fingerprint density at radius 1 is 0.949 bits per heavy atom. The molecule has 0 bridgehead atoms. The number of nitrogens with zero attached hydrogens (tertiary/aromatic N) is 1. The number of thioether (sulfide) groups is 1. The molecule has 1 unspecified atom stereocenters. The number of halogens is 3. The second kappa shape index (κ2) is 15.1. The van der Waals surface area contributed by atoms with E-state index in [1.807, 2.05) is 60.7 Å². The molecule has 0 heterocycles. The van der Waals surface area contributed by atoms with Crippen molar-refractivity contribution in [3.8, 4) is 0 Å². The van der Waals surface area contributed by atoms with E-state index in [9.17, 15) is 9.59 Å². The van der Waals surface area contributed by atoms with Gasteiger partial charge in [0.2, 0.25) is 11.8 Å².